The van der Waals surface area contributed by atoms with Crippen LogP contribution in [0.15, 0.2) is 46.9 Å². The van der Waals surface area contributed by atoms with Crippen molar-refractivity contribution in [3.05, 3.63) is 46.7 Å². The SMILES string of the molecule is COc1ccc(-c2nc(SCC(=O)N3CCN(C(=O)c4cccs4)CC3)n[nH]2)cc1. The average molecular weight is 444 g/mol. The molecule has 10 heteroatoms. The van der Waals surface area contributed by atoms with Crippen molar-refractivity contribution >= 4 is 34.9 Å². The zero-order chi connectivity index (χ0) is 20.9. The van der Waals surface area contributed by atoms with Crippen molar-refractivity contribution in [2.24, 2.45) is 0 Å². The molecule has 0 saturated carbocycles. The maximum atomic E-state index is 12.5. The van der Waals surface area contributed by atoms with Crippen molar-refractivity contribution in [3.8, 4) is 17.1 Å². The molecule has 3 heterocycles. The number of aromatic nitrogens is 3. The largest absolute Gasteiger partial charge is 0.497 e. The Morgan fingerprint density at radius 2 is 1.87 bits per heavy atom. The van der Waals surface area contributed by atoms with Gasteiger partial charge in [-0.2, -0.15) is 0 Å². The highest BCUT2D eigenvalue weighted by molar-refractivity contribution is 7.99. The van der Waals surface area contributed by atoms with E-state index in [1.165, 1.54) is 23.1 Å². The summed E-state index contributed by atoms with van der Waals surface area (Å²) in [5.74, 6) is 1.75. The smallest absolute Gasteiger partial charge is 0.264 e. The van der Waals surface area contributed by atoms with E-state index in [0.717, 1.165) is 16.2 Å². The van der Waals surface area contributed by atoms with E-state index in [-0.39, 0.29) is 17.6 Å². The standard InChI is InChI=1S/C20H21N5O3S2/c1-28-15-6-4-14(5-7-15)18-21-20(23-22-18)30-13-17(26)24-8-10-25(11-9-24)19(27)16-3-2-12-29-16/h2-7,12H,8-11,13H2,1H3,(H,21,22,23). The molecular formula is C20H21N5O3S2. The number of benzene rings is 1. The summed E-state index contributed by atoms with van der Waals surface area (Å²) < 4.78 is 5.16. The van der Waals surface area contributed by atoms with E-state index in [9.17, 15) is 9.59 Å². The lowest BCUT2D eigenvalue weighted by Gasteiger charge is -2.34. The molecule has 1 N–H and O–H groups in total. The number of hydrogen-bond donors (Lipinski definition) is 1. The molecule has 0 atom stereocenters. The second kappa shape index (κ2) is 9.31. The summed E-state index contributed by atoms with van der Waals surface area (Å²) in [6, 6.07) is 11.2. The van der Waals surface area contributed by atoms with Gasteiger partial charge in [0.1, 0.15) is 5.75 Å². The van der Waals surface area contributed by atoms with Crippen molar-refractivity contribution in [1.82, 2.24) is 25.0 Å². The predicted molar refractivity (Wildman–Crippen MR) is 116 cm³/mol. The van der Waals surface area contributed by atoms with Gasteiger partial charge in [0.2, 0.25) is 11.1 Å². The molecule has 1 saturated heterocycles. The Morgan fingerprint density at radius 3 is 2.53 bits per heavy atom. The maximum absolute atomic E-state index is 12.5. The van der Waals surface area contributed by atoms with Gasteiger partial charge in [-0.05, 0) is 35.7 Å². The van der Waals surface area contributed by atoms with Crippen molar-refractivity contribution in [1.29, 1.82) is 0 Å². The second-order valence-corrected chi connectivity index (χ2v) is 8.52. The van der Waals surface area contributed by atoms with Crippen LogP contribution in [0.5, 0.6) is 5.75 Å². The first-order valence-electron chi connectivity index (χ1n) is 9.44. The number of amides is 2. The summed E-state index contributed by atoms with van der Waals surface area (Å²) >= 11 is 2.74. The topological polar surface area (TPSA) is 91.4 Å². The number of nitrogens with zero attached hydrogens (tertiary/aromatic N) is 4. The lowest BCUT2D eigenvalue weighted by atomic mass is 10.2. The van der Waals surface area contributed by atoms with Crippen LogP contribution in [0.25, 0.3) is 11.4 Å². The van der Waals surface area contributed by atoms with Crippen LogP contribution in [0.4, 0.5) is 0 Å². The Labute approximate surface area is 182 Å². The van der Waals surface area contributed by atoms with Crippen LogP contribution in [0, 0.1) is 0 Å². The molecule has 0 unspecified atom stereocenters. The van der Waals surface area contributed by atoms with E-state index in [1.54, 1.807) is 16.9 Å². The normalized spacial score (nSPS) is 14.0. The van der Waals surface area contributed by atoms with Crippen LogP contribution in [0.1, 0.15) is 9.67 Å². The highest BCUT2D eigenvalue weighted by Gasteiger charge is 2.25. The predicted octanol–water partition coefficient (Wildman–Crippen LogP) is 2.62. The minimum Gasteiger partial charge on any atom is -0.497 e. The van der Waals surface area contributed by atoms with Crippen LogP contribution >= 0.6 is 23.1 Å². The lowest BCUT2D eigenvalue weighted by Crippen LogP contribution is -2.51. The van der Waals surface area contributed by atoms with Crippen LogP contribution in [0.3, 0.4) is 0 Å². The van der Waals surface area contributed by atoms with Crippen LogP contribution < -0.4 is 4.74 Å². The molecule has 1 aliphatic heterocycles. The number of rotatable bonds is 6. The van der Waals surface area contributed by atoms with Crippen molar-refractivity contribution in [2.75, 3.05) is 39.0 Å². The number of thioether (sulfide) groups is 1. The van der Waals surface area contributed by atoms with Gasteiger partial charge in [-0.3, -0.25) is 14.7 Å². The molecule has 2 amide bonds. The Hall–Kier alpha value is -2.85. The van der Waals surface area contributed by atoms with Gasteiger partial charge < -0.3 is 14.5 Å². The molecule has 1 aromatic carbocycles. The fourth-order valence-electron chi connectivity index (χ4n) is 3.12. The highest BCUT2D eigenvalue weighted by atomic mass is 32.2. The van der Waals surface area contributed by atoms with Crippen molar-refractivity contribution < 1.29 is 14.3 Å². The van der Waals surface area contributed by atoms with E-state index in [2.05, 4.69) is 15.2 Å². The number of thiophene rings is 1. The fourth-order valence-corrected chi connectivity index (χ4v) is 4.51. The third-order valence-electron chi connectivity index (χ3n) is 4.80. The molecule has 3 aromatic rings. The number of ether oxygens (including phenoxy) is 1. The summed E-state index contributed by atoms with van der Waals surface area (Å²) in [6.45, 7) is 2.19. The quantitative estimate of drug-likeness (QED) is 0.589. The summed E-state index contributed by atoms with van der Waals surface area (Å²) in [7, 11) is 1.62. The van der Waals surface area contributed by atoms with E-state index in [1.807, 2.05) is 41.8 Å². The van der Waals surface area contributed by atoms with E-state index in [4.69, 9.17) is 4.74 Å². The Morgan fingerprint density at radius 1 is 1.13 bits per heavy atom. The molecule has 4 rings (SSSR count). The molecule has 0 aliphatic carbocycles. The number of methoxy groups -OCH3 is 1. The highest BCUT2D eigenvalue weighted by Crippen LogP contribution is 2.22. The summed E-state index contributed by atoms with van der Waals surface area (Å²) in [6.07, 6.45) is 0. The third kappa shape index (κ3) is 4.65. The molecule has 0 radical (unpaired) electrons. The summed E-state index contributed by atoms with van der Waals surface area (Å²) in [5.41, 5.74) is 0.896. The second-order valence-electron chi connectivity index (χ2n) is 6.63. The van der Waals surface area contributed by atoms with E-state index in [0.29, 0.717) is 37.2 Å². The van der Waals surface area contributed by atoms with E-state index < -0.39 is 0 Å². The lowest BCUT2D eigenvalue weighted by molar-refractivity contribution is -0.129. The molecule has 8 nitrogen and oxygen atoms in total. The Bertz CT molecular complexity index is 996. The molecular weight excluding hydrogens is 422 g/mol. The number of piperazine rings is 1. The monoisotopic (exact) mass is 443 g/mol. The molecule has 156 valence electrons. The first-order chi connectivity index (χ1) is 14.6. The minimum atomic E-state index is 0.0269. The number of carbonyl (C=O) groups is 2. The zero-order valence-electron chi connectivity index (χ0n) is 16.4. The summed E-state index contributed by atoms with van der Waals surface area (Å²) in [4.78, 5) is 33.7. The molecule has 0 bridgehead atoms. The van der Waals surface area contributed by atoms with Gasteiger partial charge >= 0.3 is 0 Å². The van der Waals surface area contributed by atoms with E-state index >= 15 is 0 Å². The van der Waals surface area contributed by atoms with Gasteiger partial charge in [0.15, 0.2) is 5.82 Å². The molecule has 30 heavy (non-hydrogen) atoms. The number of hydrogen-bond acceptors (Lipinski definition) is 7. The van der Waals surface area contributed by atoms with Crippen LogP contribution in [-0.4, -0.2) is 75.8 Å². The van der Waals surface area contributed by atoms with Gasteiger partial charge in [-0.1, -0.05) is 17.8 Å². The van der Waals surface area contributed by atoms with Crippen molar-refractivity contribution in [2.45, 2.75) is 5.16 Å². The number of nitrogens with one attached hydrogen (secondary N) is 1. The molecule has 1 aliphatic rings. The average Bonchev–Trinajstić information content (AvgIpc) is 3.50. The van der Waals surface area contributed by atoms with Crippen molar-refractivity contribution in [3.63, 3.8) is 0 Å². The molecule has 2 aromatic heterocycles. The first-order valence-corrected chi connectivity index (χ1v) is 11.3. The Kier molecular flexibility index (Phi) is 6.34. The minimum absolute atomic E-state index is 0.0269. The third-order valence-corrected chi connectivity index (χ3v) is 6.49. The number of H-pyrrole nitrogens is 1. The van der Waals surface area contributed by atoms with Gasteiger partial charge in [0.25, 0.3) is 5.91 Å². The Balaban J connectivity index is 1.26. The number of aromatic amines is 1. The molecule has 0 spiro atoms. The van der Waals surface area contributed by atoms with Gasteiger partial charge in [0, 0.05) is 31.7 Å². The van der Waals surface area contributed by atoms with Crippen LogP contribution in [0.2, 0.25) is 0 Å². The number of carbonyl (C=O) groups excluding carboxylic acids is 2. The van der Waals surface area contributed by atoms with Gasteiger partial charge in [-0.15, -0.1) is 16.4 Å². The van der Waals surface area contributed by atoms with Gasteiger partial charge in [0.05, 0.1) is 17.7 Å². The zero-order valence-corrected chi connectivity index (χ0v) is 18.0. The first kappa shape index (κ1) is 20.4. The maximum Gasteiger partial charge on any atom is 0.264 e. The summed E-state index contributed by atoms with van der Waals surface area (Å²) in [5, 5.41) is 9.52. The molecule has 1 fully saturated rings. The van der Waals surface area contributed by atoms with Gasteiger partial charge in [-0.25, -0.2) is 4.98 Å². The van der Waals surface area contributed by atoms with Crippen LogP contribution in [-0.2, 0) is 4.79 Å². The fraction of sp³-hybridized carbons (Fsp3) is 0.300.